The molecule has 184 valence electrons. The predicted octanol–water partition coefficient (Wildman–Crippen LogP) is 5.71. The Balaban J connectivity index is 1.85. The second-order valence-corrected chi connectivity index (χ2v) is 9.49. The topological polar surface area (TPSA) is 64.6 Å². The quantitative estimate of drug-likeness (QED) is 0.348. The molecule has 0 fully saturated rings. The Morgan fingerprint density at radius 2 is 1.66 bits per heavy atom. The van der Waals surface area contributed by atoms with E-state index in [-0.39, 0.29) is 5.91 Å². The molecule has 0 heterocycles. The van der Waals surface area contributed by atoms with Crippen LogP contribution < -0.4 is 5.32 Å². The fraction of sp³-hybridized carbons (Fsp3) is 0.310. The van der Waals surface area contributed by atoms with Crippen molar-refractivity contribution in [2.75, 3.05) is 19.1 Å². The first-order valence-electron chi connectivity index (χ1n) is 11.6. The lowest BCUT2D eigenvalue weighted by Gasteiger charge is -2.19. The smallest absolute Gasteiger partial charge is 0.328 e. The Bertz CT molecular complexity index is 1160. The third-order valence-corrected chi connectivity index (χ3v) is 6.43. The van der Waals surface area contributed by atoms with Crippen LogP contribution in [0.2, 0.25) is 0 Å². The molecule has 0 saturated carbocycles. The van der Waals surface area contributed by atoms with Gasteiger partial charge in [-0.3, -0.25) is 4.79 Å². The maximum atomic E-state index is 13.3. The van der Waals surface area contributed by atoms with E-state index in [0.717, 1.165) is 33.6 Å². The molecule has 5 nitrogen and oxygen atoms in total. The number of hydrogen-bond donors (Lipinski definition) is 1. The highest BCUT2D eigenvalue weighted by Gasteiger charge is 2.23. The SMILES string of the molecule is COC(=O)C(CCSC)NC(=O)c1ccc(COCc2cccc(C)c2)cc1-c1ccccc1C. The zero-order valence-electron chi connectivity index (χ0n) is 20.8. The van der Waals surface area contributed by atoms with Crippen LogP contribution >= 0.6 is 11.8 Å². The molecular formula is C29H33NO4S. The molecule has 6 heteroatoms. The van der Waals surface area contributed by atoms with Crippen LogP contribution in [0.3, 0.4) is 0 Å². The Labute approximate surface area is 212 Å². The standard InChI is InChI=1S/C29H33NO4S/c1-20-8-7-10-22(16-20)18-34-19-23-12-13-25(26(17-23)24-11-6-5-9-21(24)2)28(31)30-27(14-15-35-4)29(32)33-3/h5-13,16-17,27H,14-15,18-19H2,1-4H3,(H,30,31). The average molecular weight is 492 g/mol. The molecule has 0 aliphatic heterocycles. The average Bonchev–Trinajstić information content (AvgIpc) is 2.86. The molecule has 1 atom stereocenters. The number of benzene rings is 3. The Morgan fingerprint density at radius 1 is 0.914 bits per heavy atom. The third-order valence-electron chi connectivity index (χ3n) is 5.79. The Morgan fingerprint density at radius 3 is 2.34 bits per heavy atom. The number of carbonyl (C=O) groups excluding carboxylic acids is 2. The van der Waals surface area contributed by atoms with Crippen molar-refractivity contribution in [1.82, 2.24) is 5.32 Å². The van der Waals surface area contributed by atoms with Gasteiger partial charge >= 0.3 is 5.97 Å². The highest BCUT2D eigenvalue weighted by atomic mass is 32.2. The van der Waals surface area contributed by atoms with Gasteiger partial charge in [-0.05, 0) is 72.2 Å². The normalized spacial score (nSPS) is 11.7. The summed E-state index contributed by atoms with van der Waals surface area (Å²) in [5, 5.41) is 2.88. The molecule has 1 unspecified atom stereocenters. The molecule has 0 aliphatic rings. The maximum absolute atomic E-state index is 13.3. The number of thioether (sulfide) groups is 1. The van der Waals surface area contributed by atoms with Crippen LogP contribution in [0.15, 0.2) is 66.7 Å². The van der Waals surface area contributed by atoms with Gasteiger partial charge in [0.2, 0.25) is 0 Å². The van der Waals surface area contributed by atoms with Crippen LogP contribution in [0.1, 0.15) is 39.0 Å². The number of hydrogen-bond acceptors (Lipinski definition) is 5. The van der Waals surface area contributed by atoms with Crippen molar-refractivity contribution in [1.29, 1.82) is 0 Å². The van der Waals surface area contributed by atoms with Crippen molar-refractivity contribution < 1.29 is 19.1 Å². The lowest BCUT2D eigenvalue weighted by molar-refractivity contribution is -0.142. The van der Waals surface area contributed by atoms with Crippen LogP contribution in [-0.4, -0.2) is 37.0 Å². The van der Waals surface area contributed by atoms with Gasteiger partial charge in [0.1, 0.15) is 6.04 Å². The van der Waals surface area contributed by atoms with Gasteiger partial charge in [0.05, 0.1) is 20.3 Å². The molecule has 0 bridgehead atoms. The molecule has 0 saturated heterocycles. The van der Waals surface area contributed by atoms with Crippen molar-refractivity contribution in [2.45, 2.75) is 39.5 Å². The first-order valence-corrected chi connectivity index (χ1v) is 13.0. The monoisotopic (exact) mass is 491 g/mol. The van der Waals surface area contributed by atoms with Crippen LogP contribution in [0.5, 0.6) is 0 Å². The minimum Gasteiger partial charge on any atom is -0.467 e. The summed E-state index contributed by atoms with van der Waals surface area (Å²) < 4.78 is 10.9. The molecule has 1 N–H and O–H groups in total. The fourth-order valence-electron chi connectivity index (χ4n) is 3.93. The van der Waals surface area contributed by atoms with E-state index < -0.39 is 12.0 Å². The van der Waals surface area contributed by atoms with Gasteiger partial charge in [-0.1, -0.05) is 60.2 Å². The summed E-state index contributed by atoms with van der Waals surface area (Å²) in [4.78, 5) is 25.6. The van der Waals surface area contributed by atoms with E-state index in [1.165, 1.54) is 12.7 Å². The number of ether oxygens (including phenoxy) is 2. The van der Waals surface area contributed by atoms with E-state index in [1.807, 2.05) is 67.8 Å². The van der Waals surface area contributed by atoms with E-state index in [4.69, 9.17) is 9.47 Å². The molecule has 0 spiro atoms. The van der Waals surface area contributed by atoms with Crippen molar-refractivity contribution in [3.05, 3.63) is 94.5 Å². The van der Waals surface area contributed by atoms with Crippen molar-refractivity contribution >= 4 is 23.6 Å². The highest BCUT2D eigenvalue weighted by molar-refractivity contribution is 7.98. The fourth-order valence-corrected chi connectivity index (χ4v) is 4.40. The van der Waals surface area contributed by atoms with Gasteiger partial charge in [0.15, 0.2) is 0 Å². The minimum atomic E-state index is -0.693. The summed E-state index contributed by atoms with van der Waals surface area (Å²) in [6, 6.07) is 21.2. The molecule has 1 amide bonds. The van der Waals surface area contributed by atoms with E-state index in [9.17, 15) is 9.59 Å². The summed E-state index contributed by atoms with van der Waals surface area (Å²) in [6.07, 6.45) is 2.47. The van der Waals surface area contributed by atoms with Gasteiger partial charge in [0, 0.05) is 5.56 Å². The number of carbonyl (C=O) groups is 2. The van der Waals surface area contributed by atoms with Crippen molar-refractivity contribution in [2.24, 2.45) is 0 Å². The maximum Gasteiger partial charge on any atom is 0.328 e. The first-order chi connectivity index (χ1) is 16.9. The van der Waals surface area contributed by atoms with Crippen LogP contribution in [0.4, 0.5) is 0 Å². The molecule has 3 rings (SSSR count). The molecule has 35 heavy (non-hydrogen) atoms. The number of esters is 1. The summed E-state index contributed by atoms with van der Waals surface area (Å²) in [7, 11) is 1.34. The number of rotatable bonds is 11. The molecular weight excluding hydrogens is 458 g/mol. The number of nitrogens with one attached hydrogen (secondary N) is 1. The van der Waals surface area contributed by atoms with Gasteiger partial charge < -0.3 is 14.8 Å². The van der Waals surface area contributed by atoms with E-state index in [0.29, 0.717) is 25.2 Å². The lowest BCUT2D eigenvalue weighted by Crippen LogP contribution is -2.42. The van der Waals surface area contributed by atoms with Crippen LogP contribution in [0.25, 0.3) is 11.1 Å². The summed E-state index contributed by atoms with van der Waals surface area (Å²) >= 11 is 1.62. The van der Waals surface area contributed by atoms with Crippen LogP contribution in [-0.2, 0) is 27.5 Å². The summed E-state index contributed by atoms with van der Waals surface area (Å²) in [6.45, 7) is 5.02. The van der Waals surface area contributed by atoms with Gasteiger partial charge in [-0.25, -0.2) is 4.79 Å². The van der Waals surface area contributed by atoms with Gasteiger partial charge in [-0.15, -0.1) is 0 Å². The largest absolute Gasteiger partial charge is 0.467 e. The van der Waals surface area contributed by atoms with Crippen molar-refractivity contribution in [3.8, 4) is 11.1 Å². The van der Waals surface area contributed by atoms with Crippen molar-refractivity contribution in [3.63, 3.8) is 0 Å². The third kappa shape index (κ3) is 7.44. The predicted molar refractivity (Wildman–Crippen MR) is 143 cm³/mol. The number of methoxy groups -OCH3 is 1. The van der Waals surface area contributed by atoms with E-state index in [1.54, 1.807) is 11.8 Å². The number of amides is 1. The first kappa shape index (κ1) is 26.5. The minimum absolute atomic E-state index is 0.299. The summed E-state index contributed by atoms with van der Waals surface area (Å²) in [5.41, 5.74) is 6.65. The Hall–Kier alpha value is -3.09. The lowest BCUT2D eigenvalue weighted by atomic mass is 9.93. The second kappa shape index (κ2) is 13.1. The molecule has 3 aromatic carbocycles. The molecule has 0 aliphatic carbocycles. The summed E-state index contributed by atoms with van der Waals surface area (Å²) in [5.74, 6) is 0.0000418. The molecule has 0 radical (unpaired) electrons. The zero-order chi connectivity index (χ0) is 25.2. The van der Waals surface area contributed by atoms with Gasteiger partial charge in [-0.2, -0.15) is 11.8 Å². The van der Waals surface area contributed by atoms with Gasteiger partial charge in [0.25, 0.3) is 5.91 Å². The van der Waals surface area contributed by atoms with Crippen LogP contribution in [0, 0.1) is 13.8 Å². The van der Waals surface area contributed by atoms with E-state index in [2.05, 4.69) is 24.4 Å². The highest BCUT2D eigenvalue weighted by Crippen LogP contribution is 2.29. The molecule has 0 aromatic heterocycles. The number of aryl methyl sites for hydroxylation is 2. The molecule has 3 aromatic rings. The second-order valence-electron chi connectivity index (χ2n) is 8.51. The zero-order valence-corrected chi connectivity index (χ0v) is 21.6. The van der Waals surface area contributed by atoms with E-state index >= 15 is 0 Å². The Kier molecular flexibility index (Phi) is 9.94.